The highest BCUT2D eigenvalue weighted by molar-refractivity contribution is 5.81. The van der Waals surface area contributed by atoms with Crippen LogP contribution in [-0.2, 0) is 35.4 Å². The largest absolute Gasteiger partial charge is 0.493 e. The molecule has 0 spiro atoms. The van der Waals surface area contributed by atoms with Crippen molar-refractivity contribution < 1.29 is 18.9 Å². The molecule has 0 aliphatic carbocycles. The van der Waals surface area contributed by atoms with E-state index in [0.717, 1.165) is 17.8 Å². The smallest absolute Gasteiger partial charge is 0.350 e. The molecule has 45 heavy (non-hydrogen) atoms. The number of morpholine rings is 1. The van der Waals surface area contributed by atoms with E-state index in [-0.39, 0.29) is 17.8 Å². The lowest BCUT2D eigenvalue weighted by Gasteiger charge is -2.41. The van der Waals surface area contributed by atoms with Gasteiger partial charge in [-0.2, -0.15) is 0 Å². The highest BCUT2D eigenvalue weighted by Crippen LogP contribution is 2.28. The zero-order valence-corrected chi connectivity index (χ0v) is 26.1. The molecule has 3 aromatic heterocycles. The summed E-state index contributed by atoms with van der Waals surface area (Å²) in [5, 5.41) is 5.01. The van der Waals surface area contributed by atoms with Crippen molar-refractivity contribution in [3.8, 4) is 11.5 Å². The Balaban J connectivity index is 1.35. The zero-order chi connectivity index (χ0) is 31.6. The fourth-order valence-electron chi connectivity index (χ4n) is 6.01. The van der Waals surface area contributed by atoms with Gasteiger partial charge in [0.2, 0.25) is 0 Å². The van der Waals surface area contributed by atoms with Gasteiger partial charge in [-0.15, -0.1) is 5.10 Å². The van der Waals surface area contributed by atoms with Crippen LogP contribution < -0.4 is 25.6 Å². The number of pyridine rings is 1. The number of aromatic nitrogens is 5. The quantitative estimate of drug-likeness (QED) is 0.222. The van der Waals surface area contributed by atoms with Gasteiger partial charge in [0, 0.05) is 45.0 Å². The van der Waals surface area contributed by atoms with E-state index < -0.39 is 5.60 Å². The van der Waals surface area contributed by atoms with Crippen LogP contribution in [0.2, 0.25) is 0 Å². The van der Waals surface area contributed by atoms with Crippen LogP contribution >= 0.6 is 0 Å². The van der Waals surface area contributed by atoms with Crippen LogP contribution in [0.3, 0.4) is 0 Å². The maximum atomic E-state index is 14.0. The van der Waals surface area contributed by atoms with Gasteiger partial charge in [-0.3, -0.25) is 13.8 Å². The van der Waals surface area contributed by atoms with Gasteiger partial charge in [-0.05, 0) is 61.4 Å². The Hall–Kier alpha value is -4.68. The van der Waals surface area contributed by atoms with Crippen LogP contribution in [0.5, 0.6) is 11.5 Å². The van der Waals surface area contributed by atoms with Crippen molar-refractivity contribution in [2.75, 3.05) is 52.5 Å². The standard InChI is InChI=1S/C33H38N6O6/c1-33(22-42-2)21-36(17-18-45-33)24-9-10-25-26(20-24)34-29(13-16-39-32(41)38-14-6-5-7-30(38)35-39)37(31(25)40)15-12-23-8-11-27(43-3)28(19-23)44-4/h5-11,14,19-20H,12-13,15-18,21-22H2,1-4H3/t33-/m0/s1. The van der Waals surface area contributed by atoms with Gasteiger partial charge < -0.3 is 23.8 Å². The topological polar surface area (TPSA) is 114 Å². The Labute approximate surface area is 260 Å². The molecule has 0 radical (unpaired) electrons. The number of fused-ring (bicyclic) bond motifs is 2. The molecule has 236 valence electrons. The van der Waals surface area contributed by atoms with Crippen molar-refractivity contribution in [2.24, 2.45) is 0 Å². The highest BCUT2D eigenvalue weighted by atomic mass is 16.5. The Morgan fingerprint density at radius 2 is 1.80 bits per heavy atom. The molecule has 4 heterocycles. The van der Waals surface area contributed by atoms with Crippen LogP contribution in [0.25, 0.3) is 16.6 Å². The van der Waals surface area contributed by atoms with Crippen LogP contribution in [0.1, 0.15) is 18.3 Å². The van der Waals surface area contributed by atoms with Gasteiger partial charge in [0.05, 0.1) is 44.9 Å². The summed E-state index contributed by atoms with van der Waals surface area (Å²) in [7, 11) is 4.87. The number of benzene rings is 2. The second-order valence-electron chi connectivity index (χ2n) is 11.5. The zero-order valence-electron chi connectivity index (χ0n) is 26.1. The number of nitrogens with zero attached hydrogens (tertiary/aromatic N) is 6. The highest BCUT2D eigenvalue weighted by Gasteiger charge is 2.32. The SMILES string of the molecule is COC[C@]1(C)CN(c2ccc3c(=O)n(CCc4ccc(OC)c(OC)c4)c(CCn4nc5ccccn5c4=O)nc3c2)CCO1. The fourth-order valence-corrected chi connectivity index (χ4v) is 6.01. The lowest BCUT2D eigenvalue weighted by Crippen LogP contribution is -2.52. The normalized spacial score (nSPS) is 16.8. The molecule has 5 aromatic rings. The Kier molecular flexibility index (Phi) is 8.59. The number of methoxy groups -OCH3 is 3. The summed E-state index contributed by atoms with van der Waals surface area (Å²) >= 11 is 0. The van der Waals surface area contributed by atoms with Crippen molar-refractivity contribution in [3.05, 3.63) is 93.0 Å². The van der Waals surface area contributed by atoms with Crippen LogP contribution in [0, 0.1) is 0 Å². The predicted molar refractivity (Wildman–Crippen MR) is 171 cm³/mol. The van der Waals surface area contributed by atoms with Crippen molar-refractivity contribution in [2.45, 2.75) is 38.5 Å². The Morgan fingerprint density at radius 3 is 2.58 bits per heavy atom. The molecular formula is C33H38N6O6. The first-order chi connectivity index (χ1) is 21.8. The summed E-state index contributed by atoms with van der Waals surface area (Å²) in [6, 6.07) is 16.9. The number of ether oxygens (including phenoxy) is 4. The number of anilines is 1. The lowest BCUT2D eigenvalue weighted by atomic mass is 10.0. The van der Waals surface area contributed by atoms with E-state index >= 15 is 0 Å². The Morgan fingerprint density at radius 1 is 0.956 bits per heavy atom. The lowest BCUT2D eigenvalue weighted by molar-refractivity contribution is -0.0839. The number of hydrogen-bond acceptors (Lipinski definition) is 9. The maximum Gasteiger partial charge on any atom is 0.350 e. The van der Waals surface area contributed by atoms with Gasteiger partial charge in [0.1, 0.15) is 11.4 Å². The average molecular weight is 615 g/mol. The van der Waals surface area contributed by atoms with Gasteiger partial charge in [0.15, 0.2) is 17.1 Å². The van der Waals surface area contributed by atoms with E-state index in [9.17, 15) is 9.59 Å². The summed E-state index contributed by atoms with van der Waals surface area (Å²) in [6.45, 7) is 5.13. The minimum atomic E-state index is -0.435. The molecule has 1 fully saturated rings. The summed E-state index contributed by atoms with van der Waals surface area (Å²) in [5.74, 6) is 1.85. The van der Waals surface area contributed by atoms with E-state index in [1.807, 2.05) is 49.4 Å². The summed E-state index contributed by atoms with van der Waals surface area (Å²) in [5.41, 5.74) is 2.33. The van der Waals surface area contributed by atoms with Gasteiger partial charge in [-0.1, -0.05) is 12.1 Å². The van der Waals surface area contributed by atoms with Crippen molar-refractivity contribution in [1.29, 1.82) is 0 Å². The van der Waals surface area contributed by atoms with Gasteiger partial charge in [0.25, 0.3) is 5.56 Å². The van der Waals surface area contributed by atoms with E-state index in [4.69, 9.17) is 23.9 Å². The third kappa shape index (κ3) is 6.16. The molecule has 1 aliphatic rings. The van der Waals surface area contributed by atoms with Crippen LogP contribution in [0.4, 0.5) is 5.69 Å². The third-order valence-corrected chi connectivity index (χ3v) is 8.28. The van der Waals surface area contributed by atoms with E-state index in [1.54, 1.807) is 44.2 Å². The average Bonchev–Trinajstić information content (AvgIpc) is 3.38. The summed E-state index contributed by atoms with van der Waals surface area (Å²) in [6.07, 6.45) is 2.60. The van der Waals surface area contributed by atoms with Crippen molar-refractivity contribution in [3.63, 3.8) is 0 Å². The molecule has 1 atom stereocenters. The fraction of sp³-hybridized carbons (Fsp3) is 0.394. The first kappa shape index (κ1) is 30.4. The summed E-state index contributed by atoms with van der Waals surface area (Å²) < 4.78 is 26.9. The molecule has 0 unspecified atom stereocenters. The monoisotopic (exact) mass is 614 g/mol. The van der Waals surface area contributed by atoms with Crippen LogP contribution in [-0.4, -0.2) is 77.0 Å². The molecule has 0 amide bonds. The molecule has 12 nitrogen and oxygen atoms in total. The number of aryl methyl sites for hydroxylation is 3. The minimum absolute atomic E-state index is 0.129. The molecule has 1 saturated heterocycles. The van der Waals surface area contributed by atoms with E-state index in [2.05, 4.69) is 10.00 Å². The van der Waals surface area contributed by atoms with Crippen molar-refractivity contribution in [1.82, 2.24) is 23.7 Å². The summed E-state index contributed by atoms with van der Waals surface area (Å²) in [4.78, 5) is 34.3. The first-order valence-electron chi connectivity index (χ1n) is 15.0. The molecule has 0 bridgehead atoms. The van der Waals surface area contributed by atoms with Crippen molar-refractivity contribution >= 4 is 22.2 Å². The second-order valence-corrected chi connectivity index (χ2v) is 11.5. The maximum absolute atomic E-state index is 14.0. The molecule has 2 aromatic carbocycles. The van der Waals surface area contributed by atoms with E-state index in [0.29, 0.717) is 73.0 Å². The molecular weight excluding hydrogens is 576 g/mol. The third-order valence-electron chi connectivity index (χ3n) is 8.28. The number of hydrogen-bond donors (Lipinski definition) is 0. The van der Waals surface area contributed by atoms with Gasteiger partial charge in [-0.25, -0.2) is 14.5 Å². The van der Waals surface area contributed by atoms with Gasteiger partial charge >= 0.3 is 5.69 Å². The first-order valence-corrected chi connectivity index (χ1v) is 15.0. The minimum Gasteiger partial charge on any atom is -0.493 e. The number of rotatable bonds is 11. The van der Waals surface area contributed by atoms with E-state index in [1.165, 1.54) is 9.08 Å². The molecule has 1 aliphatic heterocycles. The van der Waals surface area contributed by atoms with Crippen LogP contribution in [0.15, 0.2) is 70.4 Å². The molecule has 0 saturated carbocycles. The molecule has 0 N–H and O–H groups in total. The second kappa shape index (κ2) is 12.7. The molecule has 12 heteroatoms. The predicted octanol–water partition coefficient (Wildman–Crippen LogP) is 2.95. The molecule has 6 rings (SSSR count). The Bertz CT molecular complexity index is 1940.